The minimum Gasteiger partial charge on any atom is -0.492 e. The molecule has 5 heteroatoms. The number of pyridine rings is 1. The summed E-state index contributed by atoms with van der Waals surface area (Å²) in [5.74, 6) is 0.541. The molecule has 1 aliphatic rings. The van der Waals surface area contributed by atoms with Crippen LogP contribution in [-0.2, 0) is 4.79 Å². The number of likely N-dealkylation sites (tertiary alicyclic amines) is 1. The van der Waals surface area contributed by atoms with Crippen molar-refractivity contribution in [2.75, 3.05) is 26.2 Å². The molecular weight excluding hydrogens is 398 g/mol. The van der Waals surface area contributed by atoms with Crippen molar-refractivity contribution in [2.24, 2.45) is 0 Å². The molecule has 1 amide bonds. The first-order valence-electron chi connectivity index (χ1n) is 11.4. The first-order valence-corrected chi connectivity index (χ1v) is 11.4. The SMILES string of the molecule is Cc1ccc(C(C(=O)NC2CCN(CCOc3ccccc3)CC2)c2ccccn2)cc1. The van der Waals surface area contributed by atoms with E-state index in [9.17, 15) is 4.79 Å². The van der Waals surface area contributed by atoms with Crippen LogP contribution in [0.5, 0.6) is 5.75 Å². The third kappa shape index (κ3) is 5.95. The Morgan fingerprint density at radius 3 is 2.44 bits per heavy atom. The maximum atomic E-state index is 13.3. The fourth-order valence-corrected chi connectivity index (χ4v) is 4.16. The molecule has 0 aliphatic carbocycles. The minimum atomic E-state index is -0.394. The Hall–Kier alpha value is -3.18. The van der Waals surface area contributed by atoms with Gasteiger partial charge in [0.2, 0.25) is 5.91 Å². The van der Waals surface area contributed by atoms with Crippen LogP contribution in [-0.4, -0.2) is 48.1 Å². The Bertz CT molecular complexity index is 969. The maximum absolute atomic E-state index is 13.3. The van der Waals surface area contributed by atoms with E-state index in [2.05, 4.69) is 34.3 Å². The molecule has 1 aromatic heterocycles. The zero-order valence-electron chi connectivity index (χ0n) is 18.6. The fourth-order valence-electron chi connectivity index (χ4n) is 4.16. The van der Waals surface area contributed by atoms with E-state index in [0.29, 0.717) is 6.61 Å². The Balaban J connectivity index is 1.31. The highest BCUT2D eigenvalue weighted by Crippen LogP contribution is 2.24. The van der Waals surface area contributed by atoms with Crippen LogP contribution in [0.4, 0.5) is 0 Å². The van der Waals surface area contributed by atoms with Gasteiger partial charge in [0, 0.05) is 31.9 Å². The number of carbonyl (C=O) groups excluding carboxylic acids is 1. The molecule has 32 heavy (non-hydrogen) atoms. The lowest BCUT2D eigenvalue weighted by molar-refractivity contribution is -0.122. The summed E-state index contributed by atoms with van der Waals surface area (Å²) in [5.41, 5.74) is 2.93. The number of nitrogens with one attached hydrogen (secondary N) is 1. The topological polar surface area (TPSA) is 54.5 Å². The van der Waals surface area contributed by atoms with Crippen molar-refractivity contribution in [1.82, 2.24) is 15.2 Å². The number of piperidine rings is 1. The highest BCUT2D eigenvalue weighted by Gasteiger charge is 2.27. The predicted molar refractivity (Wildman–Crippen MR) is 127 cm³/mol. The highest BCUT2D eigenvalue weighted by molar-refractivity contribution is 5.86. The molecule has 2 heterocycles. The average Bonchev–Trinajstić information content (AvgIpc) is 2.83. The predicted octanol–water partition coefficient (Wildman–Crippen LogP) is 4.18. The molecule has 1 aliphatic heterocycles. The summed E-state index contributed by atoms with van der Waals surface area (Å²) in [4.78, 5) is 20.2. The summed E-state index contributed by atoms with van der Waals surface area (Å²) >= 11 is 0. The molecule has 0 bridgehead atoms. The van der Waals surface area contributed by atoms with E-state index in [1.807, 2.05) is 60.7 Å². The third-order valence-electron chi connectivity index (χ3n) is 6.01. The van der Waals surface area contributed by atoms with Gasteiger partial charge in [-0.25, -0.2) is 0 Å². The zero-order valence-corrected chi connectivity index (χ0v) is 18.6. The minimum absolute atomic E-state index is 0.0263. The van der Waals surface area contributed by atoms with Crippen molar-refractivity contribution in [3.8, 4) is 5.75 Å². The van der Waals surface area contributed by atoms with Gasteiger partial charge in [-0.15, -0.1) is 0 Å². The van der Waals surface area contributed by atoms with E-state index in [0.717, 1.165) is 49.5 Å². The van der Waals surface area contributed by atoms with Gasteiger partial charge in [0.15, 0.2) is 0 Å². The number of para-hydroxylation sites is 1. The molecule has 1 atom stereocenters. The number of hydrogen-bond acceptors (Lipinski definition) is 4. The van der Waals surface area contributed by atoms with Crippen molar-refractivity contribution in [3.05, 3.63) is 95.8 Å². The van der Waals surface area contributed by atoms with Crippen LogP contribution in [0.25, 0.3) is 0 Å². The van der Waals surface area contributed by atoms with Gasteiger partial charge in [0.25, 0.3) is 0 Å². The van der Waals surface area contributed by atoms with Crippen LogP contribution < -0.4 is 10.1 Å². The van der Waals surface area contributed by atoms with Gasteiger partial charge in [-0.05, 0) is 49.6 Å². The quantitative estimate of drug-likeness (QED) is 0.584. The molecule has 1 fully saturated rings. The number of amides is 1. The molecule has 4 rings (SSSR count). The number of nitrogens with zero attached hydrogens (tertiary/aromatic N) is 2. The van der Waals surface area contributed by atoms with Crippen molar-refractivity contribution in [1.29, 1.82) is 0 Å². The fraction of sp³-hybridized carbons (Fsp3) is 0.333. The molecule has 1 N–H and O–H groups in total. The number of rotatable bonds is 8. The number of ether oxygens (including phenoxy) is 1. The monoisotopic (exact) mass is 429 g/mol. The van der Waals surface area contributed by atoms with Crippen LogP contribution in [0, 0.1) is 6.92 Å². The zero-order chi connectivity index (χ0) is 22.2. The van der Waals surface area contributed by atoms with Crippen LogP contribution in [0.15, 0.2) is 79.0 Å². The van der Waals surface area contributed by atoms with Gasteiger partial charge in [0.05, 0.1) is 5.69 Å². The lowest BCUT2D eigenvalue weighted by atomic mass is 9.92. The lowest BCUT2D eigenvalue weighted by Crippen LogP contribution is -2.46. The summed E-state index contributed by atoms with van der Waals surface area (Å²) in [5, 5.41) is 3.30. The van der Waals surface area contributed by atoms with E-state index in [1.165, 1.54) is 5.56 Å². The molecule has 0 spiro atoms. The molecule has 0 radical (unpaired) electrons. The van der Waals surface area contributed by atoms with Gasteiger partial charge in [-0.3, -0.25) is 14.7 Å². The number of aryl methyl sites for hydroxylation is 1. The molecule has 0 saturated carbocycles. The second kappa shape index (κ2) is 10.9. The van der Waals surface area contributed by atoms with Gasteiger partial charge in [-0.2, -0.15) is 0 Å². The summed E-state index contributed by atoms with van der Waals surface area (Å²) in [6, 6.07) is 24.0. The van der Waals surface area contributed by atoms with Gasteiger partial charge in [0.1, 0.15) is 18.3 Å². The summed E-state index contributed by atoms with van der Waals surface area (Å²) in [6.45, 7) is 5.55. The molecule has 1 unspecified atom stereocenters. The summed E-state index contributed by atoms with van der Waals surface area (Å²) < 4.78 is 5.82. The Labute approximate surface area is 190 Å². The molecule has 1 saturated heterocycles. The first-order chi connectivity index (χ1) is 15.7. The van der Waals surface area contributed by atoms with E-state index >= 15 is 0 Å². The number of aromatic nitrogens is 1. The van der Waals surface area contributed by atoms with E-state index < -0.39 is 5.92 Å². The second-order valence-electron chi connectivity index (χ2n) is 8.38. The van der Waals surface area contributed by atoms with E-state index in [-0.39, 0.29) is 11.9 Å². The number of benzene rings is 2. The van der Waals surface area contributed by atoms with Crippen LogP contribution >= 0.6 is 0 Å². The molecule has 3 aromatic rings. The second-order valence-corrected chi connectivity index (χ2v) is 8.38. The number of carbonyl (C=O) groups is 1. The lowest BCUT2D eigenvalue weighted by Gasteiger charge is -2.33. The van der Waals surface area contributed by atoms with Crippen molar-refractivity contribution in [3.63, 3.8) is 0 Å². The third-order valence-corrected chi connectivity index (χ3v) is 6.01. The molecular formula is C27H31N3O2. The maximum Gasteiger partial charge on any atom is 0.233 e. The van der Waals surface area contributed by atoms with Gasteiger partial charge < -0.3 is 10.1 Å². The van der Waals surface area contributed by atoms with E-state index in [4.69, 9.17) is 4.74 Å². The number of hydrogen-bond donors (Lipinski definition) is 1. The Morgan fingerprint density at radius 2 is 1.75 bits per heavy atom. The smallest absolute Gasteiger partial charge is 0.233 e. The van der Waals surface area contributed by atoms with Gasteiger partial charge >= 0.3 is 0 Å². The van der Waals surface area contributed by atoms with Crippen LogP contribution in [0.1, 0.15) is 35.6 Å². The average molecular weight is 430 g/mol. The molecule has 5 nitrogen and oxygen atoms in total. The van der Waals surface area contributed by atoms with Crippen LogP contribution in [0.3, 0.4) is 0 Å². The largest absolute Gasteiger partial charge is 0.492 e. The standard InChI is InChI=1S/C27H31N3O2/c1-21-10-12-22(13-11-21)26(25-9-5-6-16-28-25)27(31)29-23-14-17-30(18-15-23)19-20-32-24-7-3-2-4-8-24/h2-13,16,23,26H,14-15,17-20H2,1H3,(H,29,31). The normalized spacial score (nSPS) is 15.8. The van der Waals surface area contributed by atoms with Crippen molar-refractivity contribution < 1.29 is 9.53 Å². The Morgan fingerprint density at radius 1 is 1.03 bits per heavy atom. The molecule has 2 aromatic carbocycles. The van der Waals surface area contributed by atoms with Gasteiger partial charge in [-0.1, -0.05) is 54.1 Å². The van der Waals surface area contributed by atoms with Crippen molar-refractivity contribution >= 4 is 5.91 Å². The summed E-state index contributed by atoms with van der Waals surface area (Å²) in [6.07, 6.45) is 3.64. The molecule has 166 valence electrons. The van der Waals surface area contributed by atoms with Crippen LogP contribution in [0.2, 0.25) is 0 Å². The van der Waals surface area contributed by atoms with E-state index in [1.54, 1.807) is 6.20 Å². The summed E-state index contributed by atoms with van der Waals surface area (Å²) in [7, 11) is 0. The first kappa shape index (κ1) is 22.0. The highest BCUT2D eigenvalue weighted by atomic mass is 16.5. The van der Waals surface area contributed by atoms with Crippen molar-refractivity contribution in [2.45, 2.75) is 31.7 Å². The Kier molecular flexibility index (Phi) is 7.51.